The number of hydrogen-bond acceptors (Lipinski definition) is 7. The Morgan fingerprint density at radius 3 is 2.80 bits per heavy atom. The summed E-state index contributed by atoms with van der Waals surface area (Å²) in [5, 5.41) is 6.81. The first-order valence-corrected chi connectivity index (χ1v) is 13.3. The lowest BCUT2D eigenvalue weighted by Crippen LogP contribution is -2.64. The maximum atomic E-state index is 13.0. The van der Waals surface area contributed by atoms with E-state index >= 15 is 0 Å². The van der Waals surface area contributed by atoms with Crippen LogP contribution < -0.4 is 15.4 Å². The molecule has 3 atom stereocenters. The van der Waals surface area contributed by atoms with Gasteiger partial charge in [-0.05, 0) is 38.0 Å². The van der Waals surface area contributed by atoms with Crippen molar-refractivity contribution < 1.29 is 13.9 Å². The molecule has 184 valence electrons. The molecule has 8 heteroatoms. The SMILES string of the molecule is CCOc1ccccc1-c1nc(CSC2NC(=O)C3CN(Cc4ccccc4)CCC3N2)c(C)o1. The van der Waals surface area contributed by atoms with Crippen molar-refractivity contribution in [1.82, 2.24) is 20.5 Å². The first-order chi connectivity index (χ1) is 17.1. The predicted octanol–water partition coefficient (Wildman–Crippen LogP) is 4.18. The third-order valence-corrected chi connectivity index (χ3v) is 7.65. The highest BCUT2D eigenvalue weighted by Crippen LogP contribution is 2.32. The van der Waals surface area contributed by atoms with Gasteiger partial charge in [0.1, 0.15) is 17.0 Å². The minimum absolute atomic E-state index is 0.0280. The Morgan fingerprint density at radius 1 is 1.17 bits per heavy atom. The molecule has 2 aliphatic rings. The summed E-state index contributed by atoms with van der Waals surface area (Å²) in [5.41, 5.74) is 2.88. The van der Waals surface area contributed by atoms with Crippen molar-refractivity contribution in [3.63, 3.8) is 0 Å². The lowest BCUT2D eigenvalue weighted by molar-refractivity contribution is -0.130. The van der Waals surface area contributed by atoms with Gasteiger partial charge in [-0.3, -0.25) is 15.0 Å². The van der Waals surface area contributed by atoms with E-state index < -0.39 is 0 Å². The number of thioether (sulfide) groups is 1. The van der Waals surface area contributed by atoms with Gasteiger partial charge in [-0.1, -0.05) is 42.5 Å². The average Bonchev–Trinajstić information content (AvgIpc) is 3.24. The van der Waals surface area contributed by atoms with Crippen LogP contribution in [-0.4, -0.2) is 47.0 Å². The van der Waals surface area contributed by atoms with Crippen molar-refractivity contribution in [3.05, 3.63) is 71.6 Å². The Balaban J connectivity index is 1.18. The number of fused-ring (bicyclic) bond motifs is 1. The standard InChI is InChI=1S/C27H32N4O3S/c1-3-33-24-12-8-7-11-20(24)26-28-23(18(2)34-26)17-35-27-29-22-13-14-31(16-21(22)25(32)30-27)15-19-9-5-4-6-10-19/h4-12,21-22,27,29H,3,13-17H2,1-2H3,(H,30,32). The fraction of sp³-hybridized carbons (Fsp3) is 0.407. The number of carbonyl (C=O) groups is 1. The van der Waals surface area contributed by atoms with E-state index in [1.807, 2.05) is 44.2 Å². The molecule has 1 amide bonds. The van der Waals surface area contributed by atoms with E-state index in [9.17, 15) is 4.79 Å². The van der Waals surface area contributed by atoms with Crippen molar-refractivity contribution in [2.75, 3.05) is 19.7 Å². The van der Waals surface area contributed by atoms with E-state index in [1.54, 1.807) is 11.8 Å². The fourth-order valence-corrected chi connectivity index (χ4v) is 5.86. The van der Waals surface area contributed by atoms with Crippen LogP contribution in [0.1, 0.15) is 30.4 Å². The van der Waals surface area contributed by atoms with Crippen LogP contribution in [0.2, 0.25) is 0 Å². The number of hydrogen-bond donors (Lipinski definition) is 2. The maximum absolute atomic E-state index is 13.0. The summed E-state index contributed by atoms with van der Waals surface area (Å²) in [4.78, 5) is 20.1. The molecule has 3 unspecified atom stereocenters. The van der Waals surface area contributed by atoms with E-state index in [1.165, 1.54) is 5.56 Å². The number of aryl methyl sites for hydroxylation is 1. The highest BCUT2D eigenvalue weighted by atomic mass is 32.2. The maximum Gasteiger partial charge on any atom is 0.230 e. The Kier molecular flexibility index (Phi) is 7.41. The monoisotopic (exact) mass is 492 g/mol. The van der Waals surface area contributed by atoms with Crippen LogP contribution in [0.3, 0.4) is 0 Å². The molecule has 0 radical (unpaired) electrons. The van der Waals surface area contributed by atoms with Crippen molar-refractivity contribution in [2.24, 2.45) is 5.92 Å². The third kappa shape index (κ3) is 5.55. The number of ether oxygens (including phenoxy) is 1. The van der Waals surface area contributed by atoms with Crippen LogP contribution in [0.15, 0.2) is 59.0 Å². The summed E-state index contributed by atoms with van der Waals surface area (Å²) in [6.45, 7) is 7.12. The van der Waals surface area contributed by atoms with E-state index in [4.69, 9.17) is 14.1 Å². The molecule has 1 aromatic heterocycles. The molecule has 0 spiro atoms. The minimum Gasteiger partial charge on any atom is -0.493 e. The summed E-state index contributed by atoms with van der Waals surface area (Å²) in [7, 11) is 0. The zero-order chi connectivity index (χ0) is 24.2. The van der Waals surface area contributed by atoms with Crippen molar-refractivity contribution in [2.45, 2.75) is 44.1 Å². The molecule has 0 saturated carbocycles. The number of likely N-dealkylation sites (tertiary alicyclic amines) is 1. The summed E-state index contributed by atoms with van der Waals surface area (Å²) in [6, 6.07) is 18.4. The molecule has 35 heavy (non-hydrogen) atoms. The second-order valence-corrected chi connectivity index (χ2v) is 10.1. The molecule has 3 heterocycles. The quantitative estimate of drug-likeness (QED) is 0.488. The van der Waals surface area contributed by atoms with Gasteiger partial charge in [-0.2, -0.15) is 0 Å². The highest BCUT2D eigenvalue weighted by molar-refractivity contribution is 7.99. The van der Waals surface area contributed by atoms with E-state index in [-0.39, 0.29) is 23.4 Å². The van der Waals surface area contributed by atoms with Gasteiger partial charge in [-0.15, -0.1) is 11.8 Å². The van der Waals surface area contributed by atoms with Crippen LogP contribution in [-0.2, 0) is 17.1 Å². The molecule has 2 N–H and O–H groups in total. The smallest absolute Gasteiger partial charge is 0.230 e. The molecule has 3 aromatic rings. The number of amides is 1. The molecule has 7 nitrogen and oxygen atoms in total. The van der Waals surface area contributed by atoms with Crippen LogP contribution in [0.4, 0.5) is 0 Å². The van der Waals surface area contributed by atoms with E-state index in [0.717, 1.165) is 48.8 Å². The highest BCUT2D eigenvalue weighted by Gasteiger charge is 2.40. The van der Waals surface area contributed by atoms with Crippen molar-refractivity contribution >= 4 is 17.7 Å². The fourth-order valence-electron chi connectivity index (χ4n) is 4.80. The number of aromatic nitrogens is 1. The Hall–Kier alpha value is -2.81. The number of para-hydroxylation sites is 1. The van der Waals surface area contributed by atoms with Crippen molar-refractivity contribution in [1.29, 1.82) is 0 Å². The lowest BCUT2D eigenvalue weighted by Gasteiger charge is -2.43. The summed E-state index contributed by atoms with van der Waals surface area (Å²) in [5.74, 6) is 2.86. The van der Waals surface area contributed by atoms with Gasteiger partial charge in [0.25, 0.3) is 0 Å². The molecule has 2 aliphatic heterocycles. The second-order valence-electron chi connectivity index (χ2n) is 9.04. The molecule has 2 saturated heterocycles. The predicted molar refractivity (Wildman–Crippen MR) is 138 cm³/mol. The molecular weight excluding hydrogens is 460 g/mol. The van der Waals surface area contributed by atoms with Gasteiger partial charge in [0, 0.05) is 31.4 Å². The molecule has 2 fully saturated rings. The first-order valence-electron chi connectivity index (χ1n) is 12.2. The summed E-state index contributed by atoms with van der Waals surface area (Å²) < 4.78 is 11.7. The van der Waals surface area contributed by atoms with E-state index in [0.29, 0.717) is 18.3 Å². The molecular formula is C27H32N4O3S. The third-order valence-electron chi connectivity index (χ3n) is 6.62. The first kappa shape index (κ1) is 23.9. The van der Waals surface area contributed by atoms with Gasteiger partial charge >= 0.3 is 0 Å². The zero-order valence-corrected chi connectivity index (χ0v) is 21.0. The van der Waals surface area contributed by atoms with Crippen LogP contribution in [0, 0.1) is 12.8 Å². The normalized spacial score (nSPS) is 22.5. The van der Waals surface area contributed by atoms with Gasteiger partial charge in [0.05, 0.1) is 23.8 Å². The lowest BCUT2D eigenvalue weighted by atomic mass is 9.89. The van der Waals surface area contributed by atoms with Gasteiger partial charge in [0.2, 0.25) is 11.8 Å². The number of carbonyl (C=O) groups excluding carboxylic acids is 1. The number of piperidine rings is 1. The largest absolute Gasteiger partial charge is 0.493 e. The number of nitrogens with one attached hydrogen (secondary N) is 2. The number of benzene rings is 2. The Labute approximate surface area is 210 Å². The van der Waals surface area contributed by atoms with E-state index in [2.05, 4.69) is 39.8 Å². The number of rotatable bonds is 8. The number of oxazole rings is 1. The number of nitrogens with zero attached hydrogens (tertiary/aromatic N) is 2. The molecule has 0 aliphatic carbocycles. The van der Waals surface area contributed by atoms with Crippen molar-refractivity contribution in [3.8, 4) is 17.2 Å². The molecule has 0 bridgehead atoms. The zero-order valence-electron chi connectivity index (χ0n) is 20.2. The minimum atomic E-state index is -0.139. The Bertz CT molecular complexity index is 1150. The second kappa shape index (κ2) is 10.8. The van der Waals surface area contributed by atoms with Crippen LogP contribution in [0.5, 0.6) is 5.75 Å². The summed E-state index contributed by atoms with van der Waals surface area (Å²) in [6.07, 6.45) is 0.962. The Morgan fingerprint density at radius 2 is 1.97 bits per heavy atom. The average molecular weight is 493 g/mol. The van der Waals surface area contributed by atoms with Crippen LogP contribution >= 0.6 is 11.8 Å². The van der Waals surface area contributed by atoms with Gasteiger partial charge < -0.3 is 14.5 Å². The summed E-state index contributed by atoms with van der Waals surface area (Å²) >= 11 is 1.64. The van der Waals surface area contributed by atoms with Gasteiger partial charge in [-0.25, -0.2) is 4.98 Å². The molecule has 5 rings (SSSR count). The topological polar surface area (TPSA) is 79.6 Å². The van der Waals surface area contributed by atoms with Crippen LogP contribution in [0.25, 0.3) is 11.5 Å². The molecule has 2 aromatic carbocycles. The van der Waals surface area contributed by atoms with Gasteiger partial charge in [0.15, 0.2) is 0 Å².